The van der Waals surface area contributed by atoms with Crippen LogP contribution in [-0.2, 0) is 5.41 Å². The molecule has 1 aliphatic carbocycles. The molecule has 204 valence electrons. The maximum absolute atomic E-state index is 7.16. The van der Waals surface area contributed by atoms with Crippen molar-refractivity contribution in [3.63, 3.8) is 0 Å². The Morgan fingerprint density at radius 1 is 0.419 bits per heavy atom. The molecule has 1 nitrogen and oxygen atoms in total. The van der Waals surface area contributed by atoms with Crippen LogP contribution in [0.1, 0.15) is 38.9 Å². The molecule has 0 saturated heterocycles. The van der Waals surface area contributed by atoms with Crippen LogP contribution in [0.25, 0.3) is 43.8 Å². The lowest BCUT2D eigenvalue weighted by molar-refractivity contribution is 0.447. The Bertz CT molecular complexity index is 2200. The Hall–Kier alpha value is -5.14. The molecule has 9 rings (SSSR count). The van der Waals surface area contributed by atoms with Gasteiger partial charge in [0, 0.05) is 21.9 Å². The van der Waals surface area contributed by atoms with Gasteiger partial charge in [-0.15, -0.1) is 0 Å². The predicted octanol–water partition coefficient (Wildman–Crippen LogP) is 11.1. The summed E-state index contributed by atoms with van der Waals surface area (Å²) < 4.78 is 7.16. The highest BCUT2D eigenvalue weighted by Gasteiger charge is 2.51. The first-order valence-corrected chi connectivity index (χ1v) is 15.1. The summed E-state index contributed by atoms with van der Waals surface area (Å²) in [5, 5.41) is 4.79. The van der Waals surface area contributed by atoms with Gasteiger partial charge in [0.1, 0.15) is 11.5 Å². The molecule has 1 spiro atoms. The Balaban J connectivity index is 1.47. The summed E-state index contributed by atoms with van der Waals surface area (Å²) >= 11 is 0. The second-order valence-electron chi connectivity index (χ2n) is 12.2. The van der Waals surface area contributed by atoms with Crippen molar-refractivity contribution in [3.05, 3.63) is 166 Å². The quantitative estimate of drug-likeness (QED) is 0.197. The third kappa shape index (κ3) is 3.17. The summed E-state index contributed by atoms with van der Waals surface area (Å²) in [5.41, 5.74) is 13.3. The van der Waals surface area contributed by atoms with Gasteiger partial charge in [0.25, 0.3) is 0 Å². The fourth-order valence-corrected chi connectivity index (χ4v) is 7.82. The standard InChI is InChI=1S/C42H30O/c1-25-14-16-28(17-15-25)29-18-19-33-32-10-4-5-13-36(32)42(39(33)24-29)37-22-20-30-26(2)8-6-11-34(30)40(37)43-41-35-12-7-9-27(3)31(35)21-23-38(41)42/h4-24H,1-3H3. The minimum absolute atomic E-state index is 0.522. The third-order valence-electron chi connectivity index (χ3n) is 9.90. The molecule has 0 N–H and O–H groups in total. The molecular formula is C42H30O. The fourth-order valence-electron chi connectivity index (χ4n) is 7.82. The molecule has 0 atom stereocenters. The second-order valence-corrected chi connectivity index (χ2v) is 12.2. The van der Waals surface area contributed by atoms with Gasteiger partial charge in [-0.25, -0.2) is 0 Å². The summed E-state index contributed by atoms with van der Waals surface area (Å²) in [5.74, 6) is 1.93. The number of ether oxygens (including phenoxy) is 1. The summed E-state index contributed by atoms with van der Waals surface area (Å²) in [6, 6.07) is 47.3. The van der Waals surface area contributed by atoms with Crippen LogP contribution in [0, 0.1) is 20.8 Å². The van der Waals surface area contributed by atoms with Crippen LogP contribution < -0.4 is 4.74 Å². The highest BCUT2D eigenvalue weighted by atomic mass is 16.5. The van der Waals surface area contributed by atoms with E-state index >= 15 is 0 Å². The third-order valence-corrected chi connectivity index (χ3v) is 9.90. The number of benzene rings is 7. The molecule has 0 radical (unpaired) electrons. The number of hydrogen-bond acceptors (Lipinski definition) is 1. The second kappa shape index (κ2) is 8.69. The molecule has 0 fully saturated rings. The molecule has 7 aromatic rings. The van der Waals surface area contributed by atoms with Crippen molar-refractivity contribution in [2.45, 2.75) is 26.2 Å². The largest absolute Gasteiger partial charge is 0.455 e. The van der Waals surface area contributed by atoms with Gasteiger partial charge in [-0.05, 0) is 82.1 Å². The molecule has 0 amide bonds. The molecule has 43 heavy (non-hydrogen) atoms. The molecule has 2 aliphatic rings. The molecule has 7 aromatic carbocycles. The average molecular weight is 551 g/mol. The molecule has 0 bridgehead atoms. The van der Waals surface area contributed by atoms with Crippen LogP contribution in [0.3, 0.4) is 0 Å². The van der Waals surface area contributed by atoms with Crippen LogP contribution >= 0.6 is 0 Å². The fraction of sp³-hybridized carbons (Fsp3) is 0.0952. The van der Waals surface area contributed by atoms with Crippen molar-refractivity contribution >= 4 is 21.5 Å². The van der Waals surface area contributed by atoms with Gasteiger partial charge >= 0.3 is 0 Å². The predicted molar refractivity (Wildman–Crippen MR) is 178 cm³/mol. The Morgan fingerprint density at radius 2 is 1.00 bits per heavy atom. The lowest BCUT2D eigenvalue weighted by atomic mass is 9.65. The molecule has 0 unspecified atom stereocenters. The zero-order valence-corrected chi connectivity index (χ0v) is 24.5. The van der Waals surface area contributed by atoms with Crippen molar-refractivity contribution in [1.29, 1.82) is 0 Å². The maximum Gasteiger partial charge on any atom is 0.140 e. The smallest absolute Gasteiger partial charge is 0.140 e. The Kier molecular flexibility index (Phi) is 4.94. The first-order valence-electron chi connectivity index (χ1n) is 15.1. The van der Waals surface area contributed by atoms with E-state index in [4.69, 9.17) is 4.74 Å². The monoisotopic (exact) mass is 550 g/mol. The van der Waals surface area contributed by atoms with Crippen LogP contribution in [0.5, 0.6) is 11.5 Å². The lowest BCUT2D eigenvalue weighted by Crippen LogP contribution is -2.32. The van der Waals surface area contributed by atoms with E-state index in [0.717, 1.165) is 22.3 Å². The summed E-state index contributed by atoms with van der Waals surface area (Å²) in [6.45, 7) is 6.52. The topological polar surface area (TPSA) is 9.23 Å². The van der Waals surface area contributed by atoms with E-state index in [1.165, 1.54) is 72.0 Å². The normalized spacial score (nSPS) is 13.8. The first-order chi connectivity index (χ1) is 21.1. The van der Waals surface area contributed by atoms with Crippen LogP contribution in [0.2, 0.25) is 0 Å². The highest BCUT2D eigenvalue weighted by molar-refractivity contribution is 6.01. The minimum Gasteiger partial charge on any atom is -0.455 e. The lowest BCUT2D eigenvalue weighted by Gasteiger charge is -2.40. The number of aryl methyl sites for hydroxylation is 3. The van der Waals surface area contributed by atoms with E-state index in [0.29, 0.717) is 0 Å². The SMILES string of the molecule is Cc1ccc(-c2ccc3c(c2)C2(c4ccccc4-3)c3ccc4c(C)cccc4c3Oc3c2ccc2c(C)cccc32)cc1. The zero-order valence-electron chi connectivity index (χ0n) is 24.5. The molecule has 1 heteroatoms. The van der Waals surface area contributed by atoms with E-state index in [1.54, 1.807) is 0 Å². The zero-order chi connectivity index (χ0) is 28.9. The molecule has 1 aliphatic heterocycles. The van der Waals surface area contributed by atoms with Gasteiger partial charge in [0.15, 0.2) is 0 Å². The molecular weight excluding hydrogens is 520 g/mol. The van der Waals surface area contributed by atoms with Gasteiger partial charge in [0.2, 0.25) is 0 Å². The van der Waals surface area contributed by atoms with Crippen LogP contribution in [-0.4, -0.2) is 0 Å². The Morgan fingerprint density at radius 3 is 1.65 bits per heavy atom. The van der Waals surface area contributed by atoms with E-state index in [2.05, 4.69) is 148 Å². The maximum atomic E-state index is 7.16. The van der Waals surface area contributed by atoms with E-state index < -0.39 is 5.41 Å². The summed E-state index contributed by atoms with van der Waals surface area (Å²) in [6.07, 6.45) is 0. The van der Waals surface area contributed by atoms with E-state index in [9.17, 15) is 0 Å². The van der Waals surface area contributed by atoms with Crippen molar-refractivity contribution in [3.8, 4) is 33.8 Å². The van der Waals surface area contributed by atoms with Gasteiger partial charge in [0.05, 0.1) is 5.41 Å². The van der Waals surface area contributed by atoms with Crippen molar-refractivity contribution in [2.75, 3.05) is 0 Å². The van der Waals surface area contributed by atoms with Crippen molar-refractivity contribution in [1.82, 2.24) is 0 Å². The highest BCUT2D eigenvalue weighted by Crippen LogP contribution is 2.64. The minimum atomic E-state index is -0.522. The van der Waals surface area contributed by atoms with Crippen molar-refractivity contribution < 1.29 is 4.74 Å². The summed E-state index contributed by atoms with van der Waals surface area (Å²) in [4.78, 5) is 0. The Labute approximate surface area is 252 Å². The number of hydrogen-bond donors (Lipinski definition) is 0. The van der Waals surface area contributed by atoms with Gasteiger partial charge in [-0.2, -0.15) is 0 Å². The van der Waals surface area contributed by atoms with E-state index in [-0.39, 0.29) is 0 Å². The molecule has 0 saturated carbocycles. The number of fused-ring (bicyclic) bond motifs is 13. The van der Waals surface area contributed by atoms with Crippen LogP contribution in [0.15, 0.2) is 127 Å². The van der Waals surface area contributed by atoms with Gasteiger partial charge in [-0.1, -0.05) is 127 Å². The van der Waals surface area contributed by atoms with Gasteiger partial charge in [-0.3, -0.25) is 0 Å². The molecule has 0 aromatic heterocycles. The average Bonchev–Trinajstić information content (AvgIpc) is 3.32. The van der Waals surface area contributed by atoms with Gasteiger partial charge < -0.3 is 4.74 Å². The first kappa shape index (κ1) is 24.5. The number of rotatable bonds is 1. The van der Waals surface area contributed by atoms with E-state index in [1.807, 2.05) is 0 Å². The van der Waals surface area contributed by atoms with Crippen LogP contribution in [0.4, 0.5) is 0 Å². The molecule has 1 heterocycles. The summed E-state index contributed by atoms with van der Waals surface area (Å²) in [7, 11) is 0. The van der Waals surface area contributed by atoms with Crippen molar-refractivity contribution in [2.24, 2.45) is 0 Å².